The molecule has 2 bridgehead atoms. The Balaban J connectivity index is 1.62. The Morgan fingerprint density at radius 3 is 2.11 bits per heavy atom. The predicted molar refractivity (Wildman–Crippen MR) is 69.7 cm³/mol. The molecule has 4 atom stereocenters. The Labute approximate surface area is 111 Å². The minimum Gasteiger partial charge on any atom is -0.278 e. The molecule has 1 heterocycles. The highest BCUT2D eigenvalue weighted by molar-refractivity contribution is 6.06. The van der Waals surface area contributed by atoms with Crippen molar-refractivity contribution in [3.05, 3.63) is 48.0 Å². The van der Waals surface area contributed by atoms with Gasteiger partial charge >= 0.3 is 0 Å². The Bertz CT molecular complexity index is 548. The number of hydrogen-bond donors (Lipinski definition) is 0. The number of allylic oxidation sites excluding steroid dienone is 2. The van der Waals surface area contributed by atoms with Gasteiger partial charge in [0.25, 0.3) is 0 Å². The molecule has 1 unspecified atom stereocenters. The third kappa shape index (κ3) is 1.44. The minimum atomic E-state index is -0.0776. The van der Waals surface area contributed by atoms with Crippen molar-refractivity contribution in [3.63, 3.8) is 0 Å². The molecule has 0 radical (unpaired) electrons. The molecule has 0 spiro atoms. The lowest BCUT2D eigenvalue weighted by atomic mass is 9.85. The molecule has 1 aliphatic heterocycles. The number of imide groups is 1. The van der Waals surface area contributed by atoms with Crippen molar-refractivity contribution in [3.8, 4) is 0 Å². The standard InChI is InChI=1S/C16H15NO2/c18-15-13-11-6-7-12(8-11)14(13)16(19)17(15)9-10-4-2-1-3-5-10/h1-7,11-14H,8-9H2/t11-,12-,13+,14?/m0/s1. The number of likely N-dealkylation sites (tertiary alicyclic amines) is 1. The first-order valence-corrected chi connectivity index (χ1v) is 6.83. The Kier molecular flexibility index (Phi) is 2.19. The maximum atomic E-state index is 12.5. The third-order valence-electron chi connectivity index (χ3n) is 4.75. The third-order valence-corrected chi connectivity index (χ3v) is 4.75. The number of rotatable bonds is 2. The van der Waals surface area contributed by atoms with Crippen molar-refractivity contribution in [2.45, 2.75) is 13.0 Å². The molecule has 2 amide bonds. The monoisotopic (exact) mass is 253 g/mol. The molecule has 3 aliphatic rings. The quantitative estimate of drug-likeness (QED) is 0.597. The van der Waals surface area contributed by atoms with E-state index in [9.17, 15) is 9.59 Å². The molecule has 4 rings (SSSR count). The normalized spacial score (nSPS) is 35.3. The first-order chi connectivity index (χ1) is 9.25. The number of benzene rings is 1. The second kappa shape index (κ2) is 3.80. The van der Waals surface area contributed by atoms with E-state index in [0.717, 1.165) is 12.0 Å². The first-order valence-electron chi connectivity index (χ1n) is 6.83. The first kappa shape index (κ1) is 11.0. The molecule has 1 saturated carbocycles. The van der Waals surface area contributed by atoms with Crippen LogP contribution in [0.1, 0.15) is 12.0 Å². The number of fused-ring (bicyclic) bond motifs is 5. The maximum Gasteiger partial charge on any atom is 0.234 e. The van der Waals surface area contributed by atoms with Gasteiger partial charge in [-0.3, -0.25) is 14.5 Å². The fourth-order valence-corrected chi connectivity index (χ4v) is 3.89. The van der Waals surface area contributed by atoms with Gasteiger partial charge in [-0.15, -0.1) is 0 Å². The summed E-state index contributed by atoms with van der Waals surface area (Å²) in [6.07, 6.45) is 5.25. The zero-order valence-corrected chi connectivity index (χ0v) is 10.5. The lowest BCUT2D eigenvalue weighted by molar-refractivity contribution is -0.141. The zero-order valence-electron chi connectivity index (χ0n) is 10.5. The van der Waals surface area contributed by atoms with Crippen LogP contribution in [0.5, 0.6) is 0 Å². The van der Waals surface area contributed by atoms with Gasteiger partial charge in [0, 0.05) is 0 Å². The topological polar surface area (TPSA) is 37.4 Å². The molecule has 3 nitrogen and oxygen atoms in total. The van der Waals surface area contributed by atoms with Crippen LogP contribution in [-0.2, 0) is 16.1 Å². The van der Waals surface area contributed by atoms with Crippen molar-refractivity contribution in [1.29, 1.82) is 0 Å². The molecule has 96 valence electrons. The molecule has 2 fully saturated rings. The van der Waals surface area contributed by atoms with Gasteiger partial charge in [0.1, 0.15) is 0 Å². The van der Waals surface area contributed by atoms with E-state index in [-0.39, 0.29) is 23.7 Å². The average molecular weight is 253 g/mol. The highest BCUT2D eigenvalue weighted by Crippen LogP contribution is 2.52. The summed E-state index contributed by atoms with van der Waals surface area (Å²) in [7, 11) is 0. The highest BCUT2D eigenvalue weighted by atomic mass is 16.2. The van der Waals surface area contributed by atoms with Crippen molar-refractivity contribution >= 4 is 11.8 Å². The van der Waals surface area contributed by atoms with Crippen LogP contribution >= 0.6 is 0 Å². The predicted octanol–water partition coefficient (Wildman–Crippen LogP) is 1.99. The molecule has 1 aromatic rings. The van der Waals surface area contributed by atoms with Gasteiger partial charge in [-0.05, 0) is 23.8 Å². The van der Waals surface area contributed by atoms with Crippen LogP contribution in [0.15, 0.2) is 42.5 Å². The van der Waals surface area contributed by atoms with E-state index in [2.05, 4.69) is 12.2 Å². The number of amides is 2. The van der Waals surface area contributed by atoms with E-state index < -0.39 is 0 Å². The molecule has 2 aliphatic carbocycles. The van der Waals surface area contributed by atoms with Gasteiger partial charge in [-0.1, -0.05) is 42.5 Å². The van der Waals surface area contributed by atoms with Crippen LogP contribution in [0.3, 0.4) is 0 Å². The minimum absolute atomic E-state index is 0.0377. The van der Waals surface area contributed by atoms with E-state index in [1.807, 2.05) is 30.3 Å². The lowest BCUT2D eigenvalue weighted by Gasteiger charge is -2.17. The summed E-state index contributed by atoms with van der Waals surface area (Å²) < 4.78 is 0. The van der Waals surface area contributed by atoms with E-state index in [0.29, 0.717) is 18.4 Å². The number of carbonyl (C=O) groups excluding carboxylic acids is 2. The van der Waals surface area contributed by atoms with Crippen LogP contribution in [0, 0.1) is 23.7 Å². The number of hydrogen-bond acceptors (Lipinski definition) is 2. The molecule has 1 aromatic carbocycles. The van der Waals surface area contributed by atoms with Crippen molar-refractivity contribution < 1.29 is 9.59 Å². The largest absolute Gasteiger partial charge is 0.278 e. The van der Waals surface area contributed by atoms with Gasteiger partial charge in [-0.2, -0.15) is 0 Å². The van der Waals surface area contributed by atoms with Crippen LogP contribution in [0.25, 0.3) is 0 Å². The summed E-state index contributed by atoms with van der Waals surface area (Å²) in [4.78, 5) is 26.4. The van der Waals surface area contributed by atoms with E-state index >= 15 is 0 Å². The van der Waals surface area contributed by atoms with Gasteiger partial charge in [-0.25, -0.2) is 0 Å². The molecular formula is C16H15NO2. The second-order valence-corrected chi connectivity index (χ2v) is 5.75. The van der Waals surface area contributed by atoms with Crippen LogP contribution < -0.4 is 0 Å². The summed E-state index contributed by atoms with van der Waals surface area (Å²) in [6, 6.07) is 9.73. The molecule has 3 heteroatoms. The molecular weight excluding hydrogens is 238 g/mol. The SMILES string of the molecule is O=C1C2[C@H]3C=C[C@@H](C3)[C@H]2C(=O)N1Cc1ccccc1. The molecule has 0 N–H and O–H groups in total. The molecule has 0 aromatic heterocycles. The molecule has 19 heavy (non-hydrogen) atoms. The van der Waals surface area contributed by atoms with Gasteiger partial charge in [0.15, 0.2) is 0 Å². The summed E-state index contributed by atoms with van der Waals surface area (Å²) in [5.41, 5.74) is 1.02. The number of carbonyl (C=O) groups is 2. The maximum absolute atomic E-state index is 12.5. The molecule has 1 saturated heterocycles. The zero-order chi connectivity index (χ0) is 13.0. The Morgan fingerprint density at radius 1 is 0.947 bits per heavy atom. The summed E-state index contributed by atoms with van der Waals surface area (Å²) in [6.45, 7) is 0.422. The van der Waals surface area contributed by atoms with Crippen molar-refractivity contribution in [1.82, 2.24) is 4.90 Å². The Hall–Kier alpha value is -1.90. The van der Waals surface area contributed by atoms with E-state index in [1.54, 1.807) is 0 Å². The van der Waals surface area contributed by atoms with Crippen LogP contribution in [-0.4, -0.2) is 16.7 Å². The summed E-state index contributed by atoms with van der Waals surface area (Å²) >= 11 is 0. The van der Waals surface area contributed by atoms with E-state index in [1.165, 1.54) is 4.90 Å². The fraction of sp³-hybridized carbons (Fsp3) is 0.375. The van der Waals surface area contributed by atoms with Crippen molar-refractivity contribution in [2.75, 3.05) is 0 Å². The summed E-state index contributed by atoms with van der Waals surface area (Å²) in [5, 5.41) is 0. The fourth-order valence-electron chi connectivity index (χ4n) is 3.89. The van der Waals surface area contributed by atoms with E-state index in [4.69, 9.17) is 0 Å². The number of nitrogens with zero attached hydrogens (tertiary/aromatic N) is 1. The average Bonchev–Trinajstić information content (AvgIpc) is 3.10. The highest BCUT2D eigenvalue weighted by Gasteiger charge is 2.58. The summed E-state index contributed by atoms with van der Waals surface area (Å²) in [5.74, 6) is 0.517. The van der Waals surface area contributed by atoms with Crippen LogP contribution in [0.4, 0.5) is 0 Å². The van der Waals surface area contributed by atoms with Gasteiger partial charge in [0.2, 0.25) is 11.8 Å². The smallest absolute Gasteiger partial charge is 0.234 e. The van der Waals surface area contributed by atoms with Crippen molar-refractivity contribution in [2.24, 2.45) is 23.7 Å². The second-order valence-electron chi connectivity index (χ2n) is 5.75. The van der Waals surface area contributed by atoms with Gasteiger partial charge in [0.05, 0.1) is 18.4 Å². The van der Waals surface area contributed by atoms with Gasteiger partial charge < -0.3 is 0 Å². The Morgan fingerprint density at radius 2 is 1.53 bits per heavy atom. The lowest BCUT2D eigenvalue weighted by Crippen LogP contribution is -2.32. The van der Waals surface area contributed by atoms with Crippen LogP contribution in [0.2, 0.25) is 0 Å².